The summed E-state index contributed by atoms with van der Waals surface area (Å²) >= 11 is 6.78. The lowest BCUT2D eigenvalue weighted by Gasteiger charge is -2.58. The van der Waals surface area contributed by atoms with Crippen molar-refractivity contribution in [2.75, 3.05) is 26.1 Å². The van der Waals surface area contributed by atoms with Crippen LogP contribution < -0.4 is 14.8 Å². The van der Waals surface area contributed by atoms with Crippen LogP contribution in [0.4, 0.5) is 5.69 Å². The molecule has 6 nitrogen and oxygen atoms in total. The van der Waals surface area contributed by atoms with E-state index in [1.165, 1.54) is 13.5 Å². The van der Waals surface area contributed by atoms with Gasteiger partial charge >= 0.3 is 5.97 Å². The molecule has 5 rings (SSSR count). The van der Waals surface area contributed by atoms with E-state index in [2.05, 4.69) is 5.32 Å². The van der Waals surface area contributed by atoms with E-state index in [1.807, 2.05) is 0 Å². The van der Waals surface area contributed by atoms with Gasteiger partial charge in [0, 0.05) is 16.6 Å². The van der Waals surface area contributed by atoms with Gasteiger partial charge in [-0.15, -0.1) is 11.6 Å². The summed E-state index contributed by atoms with van der Waals surface area (Å²) in [5.74, 6) is 1.45. The maximum atomic E-state index is 12.9. The fourth-order valence-corrected chi connectivity index (χ4v) is 6.48. The second-order valence-corrected chi connectivity index (χ2v) is 9.39. The molecule has 0 aromatic heterocycles. The van der Waals surface area contributed by atoms with Crippen LogP contribution in [0.2, 0.25) is 0 Å². The lowest BCUT2D eigenvalue weighted by atomic mass is 9.49. The summed E-state index contributed by atoms with van der Waals surface area (Å²) in [5.41, 5.74) is 0.0448. The number of alkyl halides is 1. The summed E-state index contributed by atoms with van der Waals surface area (Å²) < 4.78 is 15.9. The van der Waals surface area contributed by atoms with Crippen molar-refractivity contribution in [1.29, 1.82) is 0 Å². The molecule has 1 aromatic carbocycles. The number of benzene rings is 1. The van der Waals surface area contributed by atoms with Crippen LogP contribution in [-0.2, 0) is 14.3 Å². The Hall–Kier alpha value is -1.95. The number of amides is 1. The third-order valence-corrected chi connectivity index (χ3v) is 6.87. The minimum atomic E-state index is -0.505. The first kappa shape index (κ1) is 19.4. The van der Waals surface area contributed by atoms with Gasteiger partial charge in [0.15, 0.2) is 18.1 Å². The topological polar surface area (TPSA) is 73.9 Å². The Bertz CT molecular complexity index is 781. The summed E-state index contributed by atoms with van der Waals surface area (Å²) in [6.45, 7) is -0.306. The van der Waals surface area contributed by atoms with Crippen LogP contribution in [0.15, 0.2) is 18.2 Å². The minimum absolute atomic E-state index is 0.259. The Kier molecular flexibility index (Phi) is 4.94. The lowest BCUT2D eigenvalue weighted by Crippen LogP contribution is -2.56. The number of hydrogen-bond acceptors (Lipinski definition) is 5. The maximum absolute atomic E-state index is 12.9. The first-order valence-corrected chi connectivity index (χ1v) is 10.1. The lowest BCUT2D eigenvalue weighted by molar-refractivity contribution is -0.171. The van der Waals surface area contributed by atoms with Gasteiger partial charge < -0.3 is 19.5 Å². The smallest absolute Gasteiger partial charge is 0.312 e. The molecule has 4 fully saturated rings. The van der Waals surface area contributed by atoms with Gasteiger partial charge in [-0.3, -0.25) is 9.59 Å². The molecule has 4 aliphatic carbocycles. The monoisotopic (exact) mass is 407 g/mol. The molecule has 1 aromatic rings. The van der Waals surface area contributed by atoms with Crippen molar-refractivity contribution in [3.63, 3.8) is 0 Å². The highest BCUT2D eigenvalue weighted by molar-refractivity contribution is 6.24. The molecule has 0 spiro atoms. The maximum Gasteiger partial charge on any atom is 0.312 e. The summed E-state index contributed by atoms with van der Waals surface area (Å²) in [4.78, 5) is 24.9. The van der Waals surface area contributed by atoms with Crippen molar-refractivity contribution in [1.82, 2.24) is 0 Å². The van der Waals surface area contributed by atoms with E-state index in [-0.39, 0.29) is 23.4 Å². The zero-order valence-corrected chi connectivity index (χ0v) is 17.0. The molecular formula is C21H26ClNO5. The fraction of sp³-hybridized carbons (Fsp3) is 0.619. The Morgan fingerprint density at radius 3 is 2.39 bits per heavy atom. The number of hydrogen-bond donors (Lipinski definition) is 1. The van der Waals surface area contributed by atoms with E-state index >= 15 is 0 Å². The van der Waals surface area contributed by atoms with Crippen molar-refractivity contribution >= 4 is 29.2 Å². The second kappa shape index (κ2) is 7.14. The van der Waals surface area contributed by atoms with Gasteiger partial charge in [-0.2, -0.15) is 0 Å². The minimum Gasteiger partial charge on any atom is -0.493 e. The molecule has 0 saturated heterocycles. The molecule has 1 amide bonds. The summed E-state index contributed by atoms with van der Waals surface area (Å²) in [6, 6.07) is 5.07. The van der Waals surface area contributed by atoms with Gasteiger partial charge in [-0.1, -0.05) is 0 Å². The average Bonchev–Trinajstić information content (AvgIpc) is 2.64. The first-order valence-electron chi connectivity index (χ1n) is 9.73. The Labute approximate surface area is 169 Å². The predicted molar refractivity (Wildman–Crippen MR) is 105 cm³/mol. The normalized spacial score (nSPS) is 32.7. The summed E-state index contributed by atoms with van der Waals surface area (Å²) in [5, 5.41) is 2.73. The molecule has 0 aliphatic heterocycles. The zero-order chi connectivity index (χ0) is 19.9. The van der Waals surface area contributed by atoms with Crippen molar-refractivity contribution in [2.45, 2.75) is 43.4 Å². The molecule has 4 bridgehead atoms. The number of rotatable bonds is 6. The summed E-state index contributed by atoms with van der Waals surface area (Å²) in [7, 11) is 3.07. The molecular weight excluding hydrogens is 382 g/mol. The highest BCUT2D eigenvalue weighted by Crippen LogP contribution is 2.64. The number of carbonyl (C=O) groups is 2. The Morgan fingerprint density at radius 1 is 1.11 bits per heavy atom. The average molecular weight is 408 g/mol. The molecule has 0 unspecified atom stereocenters. The fourth-order valence-electron chi connectivity index (χ4n) is 5.78. The van der Waals surface area contributed by atoms with Crippen molar-refractivity contribution in [2.24, 2.45) is 17.3 Å². The van der Waals surface area contributed by atoms with E-state index in [1.54, 1.807) is 25.3 Å². The van der Waals surface area contributed by atoms with Crippen molar-refractivity contribution in [3.8, 4) is 11.5 Å². The second-order valence-electron chi connectivity index (χ2n) is 8.59. The van der Waals surface area contributed by atoms with E-state index in [0.29, 0.717) is 35.4 Å². The van der Waals surface area contributed by atoms with Crippen LogP contribution in [0.25, 0.3) is 0 Å². The van der Waals surface area contributed by atoms with Crippen LogP contribution in [0.1, 0.15) is 38.5 Å². The molecule has 0 heterocycles. The Morgan fingerprint density at radius 2 is 1.79 bits per heavy atom. The van der Waals surface area contributed by atoms with E-state index in [0.717, 1.165) is 25.7 Å². The van der Waals surface area contributed by atoms with Gasteiger partial charge in [0.2, 0.25) is 0 Å². The summed E-state index contributed by atoms with van der Waals surface area (Å²) in [6.07, 6.45) is 5.52. The number of halogens is 1. The van der Waals surface area contributed by atoms with Crippen molar-refractivity contribution < 1.29 is 23.8 Å². The molecule has 2 atom stereocenters. The molecule has 4 saturated carbocycles. The van der Waals surface area contributed by atoms with Gasteiger partial charge in [-0.25, -0.2) is 0 Å². The van der Waals surface area contributed by atoms with Gasteiger partial charge in [0.05, 0.1) is 19.6 Å². The highest BCUT2D eigenvalue weighted by Gasteiger charge is 2.60. The Balaban J connectivity index is 1.36. The third-order valence-electron chi connectivity index (χ3n) is 6.42. The molecule has 28 heavy (non-hydrogen) atoms. The van der Waals surface area contributed by atoms with Crippen molar-refractivity contribution in [3.05, 3.63) is 18.2 Å². The SMILES string of the molecule is COc1ccc(NC(=O)COC(=O)C23C[C@@H]4C[C@H](CC(Cl)(C4)C2)C3)cc1OC. The number of anilines is 1. The number of nitrogens with one attached hydrogen (secondary N) is 1. The van der Waals surface area contributed by atoms with Crippen LogP contribution in [0.5, 0.6) is 11.5 Å². The largest absolute Gasteiger partial charge is 0.493 e. The van der Waals surface area contributed by atoms with Crippen LogP contribution >= 0.6 is 11.6 Å². The number of ether oxygens (including phenoxy) is 3. The van der Waals surface area contributed by atoms with Gasteiger partial charge in [0.25, 0.3) is 5.91 Å². The van der Waals surface area contributed by atoms with Crippen LogP contribution in [0, 0.1) is 17.3 Å². The number of methoxy groups -OCH3 is 2. The zero-order valence-electron chi connectivity index (χ0n) is 16.3. The molecule has 1 N–H and O–H groups in total. The van der Waals surface area contributed by atoms with E-state index < -0.39 is 5.41 Å². The highest BCUT2D eigenvalue weighted by atomic mass is 35.5. The number of esters is 1. The first-order chi connectivity index (χ1) is 13.3. The standard InChI is InChI=1S/C21H26ClNO5/c1-26-16-4-3-15(6-17(16)27-2)23-18(24)11-28-19(25)20-7-13-5-14(8-20)10-21(22,9-13)12-20/h3-4,6,13-14H,5,7-12H2,1-2H3,(H,23,24)/t13-,14-,20?,21?/m0/s1. The van der Waals surface area contributed by atoms with Crippen LogP contribution in [-0.4, -0.2) is 37.6 Å². The van der Waals surface area contributed by atoms with E-state index in [9.17, 15) is 9.59 Å². The molecule has 4 aliphatic rings. The van der Waals surface area contributed by atoms with E-state index in [4.69, 9.17) is 25.8 Å². The quantitative estimate of drug-likeness (QED) is 0.574. The molecule has 7 heteroatoms. The third kappa shape index (κ3) is 3.54. The predicted octanol–water partition coefficient (Wildman–Crippen LogP) is 3.76. The molecule has 0 radical (unpaired) electrons. The number of carbonyl (C=O) groups excluding carboxylic acids is 2. The molecule has 152 valence electrons. The van der Waals surface area contributed by atoms with Gasteiger partial charge in [-0.05, 0) is 62.5 Å². The van der Waals surface area contributed by atoms with Gasteiger partial charge in [0.1, 0.15) is 0 Å². The van der Waals surface area contributed by atoms with Crippen LogP contribution in [0.3, 0.4) is 0 Å².